The van der Waals surface area contributed by atoms with Gasteiger partial charge in [0.15, 0.2) is 0 Å². The first-order valence-electron chi connectivity index (χ1n) is 5.75. The maximum Gasteiger partial charge on any atom is 0.212 e. The van der Waals surface area contributed by atoms with Crippen LogP contribution in [0.15, 0.2) is 24.4 Å². The van der Waals surface area contributed by atoms with E-state index >= 15 is 0 Å². The number of hydrogen-bond donors (Lipinski definition) is 0. The van der Waals surface area contributed by atoms with Crippen molar-refractivity contribution in [3.8, 4) is 0 Å². The molecule has 1 aromatic carbocycles. The summed E-state index contributed by atoms with van der Waals surface area (Å²) >= 11 is 11.7. The molecule has 0 bridgehead atoms. The van der Waals surface area contributed by atoms with Crippen molar-refractivity contribution in [2.24, 2.45) is 0 Å². The minimum absolute atomic E-state index is 0.0940. The van der Waals surface area contributed by atoms with Gasteiger partial charge in [-0.05, 0) is 24.6 Å². The number of ketones is 1. The fraction of sp³-hybridized carbons (Fsp3) is 0.231. The molecule has 2 rings (SSSR count). The lowest BCUT2D eigenvalue weighted by Crippen LogP contribution is -2.12. The second-order valence-corrected chi connectivity index (χ2v) is 4.84. The molecule has 100 valence electrons. The summed E-state index contributed by atoms with van der Waals surface area (Å²) in [5.74, 6) is -0.885. The smallest absolute Gasteiger partial charge is 0.212 e. The molecule has 1 aromatic heterocycles. The minimum Gasteiger partial charge on any atom is -0.287 e. The Morgan fingerprint density at radius 3 is 2.74 bits per heavy atom. The summed E-state index contributed by atoms with van der Waals surface area (Å²) in [5.41, 5.74) is 0.581. The lowest BCUT2D eigenvalue weighted by molar-refractivity contribution is 0.102. The summed E-state index contributed by atoms with van der Waals surface area (Å²) in [7, 11) is 0. The van der Waals surface area contributed by atoms with E-state index in [2.05, 4.69) is 5.10 Å². The van der Waals surface area contributed by atoms with Gasteiger partial charge in [-0.25, -0.2) is 4.39 Å². The number of nitrogens with zero attached hydrogens (tertiary/aromatic N) is 2. The zero-order chi connectivity index (χ0) is 14.0. The standard InChI is InChI=1S/C13H11Cl2FN2O/c1-2-5-18-12(10(15)7-17-18)13(19)8-3-4-11(16)9(14)6-8/h3-4,6-7H,2,5H2,1H3. The van der Waals surface area contributed by atoms with Crippen molar-refractivity contribution < 1.29 is 9.18 Å². The van der Waals surface area contributed by atoms with Crippen LogP contribution in [0.1, 0.15) is 29.4 Å². The fourth-order valence-electron chi connectivity index (χ4n) is 1.74. The van der Waals surface area contributed by atoms with E-state index in [0.717, 1.165) is 12.5 Å². The average Bonchev–Trinajstić information content (AvgIpc) is 2.74. The molecule has 1 heterocycles. The Balaban J connectivity index is 2.43. The number of benzene rings is 1. The number of aryl methyl sites for hydroxylation is 1. The molecule has 3 nitrogen and oxygen atoms in total. The highest BCUT2D eigenvalue weighted by Gasteiger charge is 2.19. The summed E-state index contributed by atoms with van der Waals surface area (Å²) in [5, 5.41) is 4.23. The Morgan fingerprint density at radius 1 is 1.37 bits per heavy atom. The molecule has 0 fully saturated rings. The van der Waals surface area contributed by atoms with Crippen LogP contribution in [0.25, 0.3) is 0 Å². The van der Waals surface area contributed by atoms with E-state index in [9.17, 15) is 9.18 Å². The summed E-state index contributed by atoms with van der Waals surface area (Å²) in [6, 6.07) is 3.83. The zero-order valence-electron chi connectivity index (χ0n) is 10.2. The van der Waals surface area contributed by atoms with Gasteiger partial charge in [-0.1, -0.05) is 30.1 Å². The van der Waals surface area contributed by atoms with Crippen molar-refractivity contribution >= 4 is 29.0 Å². The molecule has 0 saturated carbocycles. The summed E-state index contributed by atoms with van der Waals surface area (Å²) in [6.45, 7) is 2.56. The van der Waals surface area contributed by atoms with Crippen molar-refractivity contribution in [1.82, 2.24) is 9.78 Å². The van der Waals surface area contributed by atoms with Gasteiger partial charge in [0, 0.05) is 12.1 Å². The normalized spacial score (nSPS) is 10.7. The summed E-state index contributed by atoms with van der Waals surface area (Å²) in [6.07, 6.45) is 2.25. The molecular weight excluding hydrogens is 290 g/mol. The van der Waals surface area contributed by atoms with Crippen LogP contribution in [-0.2, 0) is 6.54 Å². The van der Waals surface area contributed by atoms with Crippen LogP contribution < -0.4 is 0 Å². The third-order valence-corrected chi connectivity index (χ3v) is 3.19. The number of rotatable bonds is 4. The number of hydrogen-bond acceptors (Lipinski definition) is 2. The molecule has 0 aliphatic heterocycles. The number of carbonyl (C=O) groups is 1. The molecule has 0 amide bonds. The van der Waals surface area contributed by atoms with E-state index < -0.39 is 5.82 Å². The van der Waals surface area contributed by atoms with Crippen molar-refractivity contribution in [3.63, 3.8) is 0 Å². The third-order valence-electron chi connectivity index (χ3n) is 2.63. The molecule has 0 saturated heterocycles. The summed E-state index contributed by atoms with van der Waals surface area (Å²) < 4.78 is 14.6. The zero-order valence-corrected chi connectivity index (χ0v) is 11.7. The van der Waals surface area contributed by atoms with E-state index in [1.165, 1.54) is 18.3 Å². The highest BCUT2D eigenvalue weighted by molar-refractivity contribution is 6.35. The fourth-order valence-corrected chi connectivity index (χ4v) is 2.15. The summed E-state index contributed by atoms with van der Waals surface area (Å²) in [4.78, 5) is 12.4. The predicted octanol–water partition coefficient (Wildman–Crippen LogP) is 3.97. The number of aromatic nitrogens is 2. The van der Waals surface area contributed by atoms with Gasteiger partial charge in [0.1, 0.15) is 11.5 Å². The number of halogens is 3. The monoisotopic (exact) mass is 300 g/mol. The van der Waals surface area contributed by atoms with Crippen LogP contribution in [0.5, 0.6) is 0 Å². The molecule has 0 radical (unpaired) electrons. The van der Waals surface area contributed by atoms with Crippen molar-refractivity contribution in [2.75, 3.05) is 0 Å². The Labute approximate surface area is 119 Å². The Bertz CT molecular complexity index is 625. The molecule has 0 spiro atoms. The minimum atomic E-state index is -0.564. The molecule has 0 unspecified atom stereocenters. The highest BCUT2D eigenvalue weighted by Crippen LogP contribution is 2.22. The lowest BCUT2D eigenvalue weighted by atomic mass is 10.1. The largest absolute Gasteiger partial charge is 0.287 e. The first-order chi connectivity index (χ1) is 9.04. The molecule has 2 aromatic rings. The number of carbonyl (C=O) groups excluding carboxylic acids is 1. The van der Waals surface area contributed by atoms with E-state index in [4.69, 9.17) is 23.2 Å². The molecule has 19 heavy (non-hydrogen) atoms. The van der Waals surface area contributed by atoms with Gasteiger partial charge in [0.25, 0.3) is 0 Å². The molecule has 0 atom stereocenters. The Kier molecular flexibility index (Phi) is 4.22. The Morgan fingerprint density at radius 2 is 2.11 bits per heavy atom. The van der Waals surface area contributed by atoms with Gasteiger partial charge in [-0.3, -0.25) is 9.48 Å². The second-order valence-electron chi connectivity index (χ2n) is 4.02. The maximum atomic E-state index is 13.1. The average molecular weight is 301 g/mol. The van der Waals surface area contributed by atoms with Crippen molar-refractivity contribution in [2.45, 2.75) is 19.9 Å². The van der Waals surface area contributed by atoms with Crippen LogP contribution in [-0.4, -0.2) is 15.6 Å². The van der Waals surface area contributed by atoms with Gasteiger partial charge in [0.2, 0.25) is 5.78 Å². The van der Waals surface area contributed by atoms with Gasteiger partial charge in [0.05, 0.1) is 16.2 Å². The predicted molar refractivity (Wildman–Crippen MR) is 72.4 cm³/mol. The van der Waals surface area contributed by atoms with Gasteiger partial charge >= 0.3 is 0 Å². The second kappa shape index (κ2) is 5.72. The van der Waals surface area contributed by atoms with Gasteiger partial charge < -0.3 is 0 Å². The van der Waals surface area contributed by atoms with E-state index in [-0.39, 0.29) is 21.4 Å². The highest BCUT2D eigenvalue weighted by atomic mass is 35.5. The SMILES string of the molecule is CCCn1ncc(Cl)c1C(=O)c1ccc(F)c(Cl)c1. The first-order valence-corrected chi connectivity index (χ1v) is 6.51. The topological polar surface area (TPSA) is 34.9 Å². The van der Waals surface area contributed by atoms with E-state index in [0.29, 0.717) is 12.2 Å². The van der Waals surface area contributed by atoms with Crippen LogP contribution >= 0.6 is 23.2 Å². The van der Waals surface area contributed by atoms with E-state index in [1.807, 2.05) is 6.92 Å². The molecular formula is C13H11Cl2FN2O. The molecule has 6 heteroatoms. The lowest BCUT2D eigenvalue weighted by Gasteiger charge is -2.06. The third kappa shape index (κ3) is 2.80. The van der Waals surface area contributed by atoms with Crippen LogP contribution in [0.3, 0.4) is 0 Å². The van der Waals surface area contributed by atoms with Crippen molar-refractivity contribution in [3.05, 3.63) is 51.5 Å². The van der Waals surface area contributed by atoms with Crippen LogP contribution in [0.2, 0.25) is 10.0 Å². The maximum absolute atomic E-state index is 13.1. The molecule has 0 aliphatic rings. The van der Waals surface area contributed by atoms with Gasteiger partial charge in [-0.15, -0.1) is 0 Å². The molecule has 0 N–H and O–H groups in total. The quantitative estimate of drug-likeness (QED) is 0.801. The van der Waals surface area contributed by atoms with E-state index in [1.54, 1.807) is 4.68 Å². The van der Waals surface area contributed by atoms with Crippen molar-refractivity contribution in [1.29, 1.82) is 0 Å². The Hall–Kier alpha value is -1.39. The van der Waals surface area contributed by atoms with Crippen LogP contribution in [0, 0.1) is 5.82 Å². The van der Waals surface area contributed by atoms with Gasteiger partial charge in [-0.2, -0.15) is 5.10 Å². The van der Waals surface area contributed by atoms with Crippen LogP contribution in [0.4, 0.5) is 4.39 Å². The first kappa shape index (κ1) is 14.0. The molecule has 0 aliphatic carbocycles.